The number of rotatable bonds is 5. The number of aliphatic hydroxyl groups is 1. The molecule has 0 aliphatic heterocycles. The van der Waals surface area contributed by atoms with Crippen LogP contribution in [0.3, 0.4) is 0 Å². The molecule has 0 aromatic carbocycles. The van der Waals surface area contributed by atoms with Crippen molar-refractivity contribution in [3.8, 4) is 0 Å². The maximum absolute atomic E-state index is 9.03. The Kier molecular flexibility index (Phi) is 3.94. The molecule has 3 heteroatoms. The molecule has 3 N–H and O–H groups in total. The lowest BCUT2D eigenvalue weighted by Gasteiger charge is -2.28. The Bertz CT molecular complexity index is 299. The van der Waals surface area contributed by atoms with E-state index in [-0.39, 0.29) is 18.1 Å². The third-order valence-corrected chi connectivity index (χ3v) is 2.69. The SMILES string of the molecule is CCc1ccc(C(CCO)C(C)(C)N)o1. The Hall–Kier alpha value is -0.800. The Morgan fingerprint density at radius 2 is 2.13 bits per heavy atom. The third-order valence-electron chi connectivity index (χ3n) is 2.69. The molecular formula is C12H21NO2. The molecule has 1 rings (SSSR count). The summed E-state index contributed by atoms with van der Waals surface area (Å²) in [6.07, 6.45) is 1.52. The van der Waals surface area contributed by atoms with Crippen LogP contribution in [-0.2, 0) is 6.42 Å². The second-order valence-electron chi connectivity index (χ2n) is 4.54. The molecule has 0 bridgehead atoms. The van der Waals surface area contributed by atoms with Gasteiger partial charge in [0.1, 0.15) is 11.5 Å². The Morgan fingerprint density at radius 3 is 2.53 bits per heavy atom. The van der Waals surface area contributed by atoms with Crippen LogP contribution in [0, 0.1) is 0 Å². The third kappa shape index (κ3) is 3.08. The van der Waals surface area contributed by atoms with E-state index in [1.54, 1.807) is 0 Å². The van der Waals surface area contributed by atoms with Crippen molar-refractivity contribution in [3.05, 3.63) is 23.7 Å². The highest BCUT2D eigenvalue weighted by Crippen LogP contribution is 2.30. The van der Waals surface area contributed by atoms with Crippen LogP contribution >= 0.6 is 0 Å². The average molecular weight is 211 g/mol. The van der Waals surface area contributed by atoms with Gasteiger partial charge in [0.25, 0.3) is 0 Å². The van der Waals surface area contributed by atoms with Crippen LogP contribution < -0.4 is 5.73 Å². The first-order valence-electron chi connectivity index (χ1n) is 5.47. The van der Waals surface area contributed by atoms with E-state index < -0.39 is 0 Å². The molecule has 0 saturated heterocycles. The van der Waals surface area contributed by atoms with Crippen molar-refractivity contribution in [2.75, 3.05) is 6.61 Å². The lowest BCUT2D eigenvalue weighted by molar-refractivity contribution is 0.234. The maximum Gasteiger partial charge on any atom is 0.109 e. The second-order valence-corrected chi connectivity index (χ2v) is 4.54. The molecule has 1 atom stereocenters. The summed E-state index contributed by atoms with van der Waals surface area (Å²) in [6.45, 7) is 6.10. The zero-order chi connectivity index (χ0) is 11.5. The van der Waals surface area contributed by atoms with Gasteiger partial charge < -0.3 is 15.3 Å². The van der Waals surface area contributed by atoms with Crippen LogP contribution in [0.1, 0.15) is 44.6 Å². The van der Waals surface area contributed by atoms with Crippen molar-refractivity contribution >= 4 is 0 Å². The van der Waals surface area contributed by atoms with Crippen molar-refractivity contribution in [1.82, 2.24) is 0 Å². The van der Waals surface area contributed by atoms with Gasteiger partial charge in [-0.25, -0.2) is 0 Å². The number of aliphatic hydroxyl groups excluding tert-OH is 1. The molecule has 15 heavy (non-hydrogen) atoms. The number of hydrogen-bond donors (Lipinski definition) is 2. The first-order valence-corrected chi connectivity index (χ1v) is 5.47. The first-order chi connectivity index (χ1) is 6.99. The van der Waals surface area contributed by atoms with Gasteiger partial charge in [0.2, 0.25) is 0 Å². The lowest BCUT2D eigenvalue weighted by Crippen LogP contribution is -2.39. The Morgan fingerprint density at radius 1 is 1.47 bits per heavy atom. The molecule has 0 saturated carbocycles. The lowest BCUT2D eigenvalue weighted by atomic mass is 9.84. The van der Waals surface area contributed by atoms with Gasteiger partial charge in [-0.2, -0.15) is 0 Å². The number of nitrogens with two attached hydrogens (primary N) is 1. The fraction of sp³-hybridized carbons (Fsp3) is 0.667. The van der Waals surface area contributed by atoms with E-state index in [4.69, 9.17) is 15.3 Å². The highest BCUT2D eigenvalue weighted by molar-refractivity contribution is 5.15. The minimum atomic E-state index is -0.369. The number of furan rings is 1. The predicted octanol–water partition coefficient (Wildman–Crippen LogP) is 2.05. The summed E-state index contributed by atoms with van der Waals surface area (Å²) >= 11 is 0. The van der Waals surface area contributed by atoms with Crippen molar-refractivity contribution in [1.29, 1.82) is 0 Å². The molecule has 3 nitrogen and oxygen atoms in total. The Labute approximate surface area is 91.3 Å². The summed E-state index contributed by atoms with van der Waals surface area (Å²) in [6, 6.07) is 3.94. The number of aryl methyl sites for hydroxylation is 1. The Balaban J connectivity index is 2.88. The summed E-state index contributed by atoms with van der Waals surface area (Å²) < 4.78 is 5.68. The summed E-state index contributed by atoms with van der Waals surface area (Å²) in [5, 5.41) is 9.03. The smallest absolute Gasteiger partial charge is 0.109 e. The van der Waals surface area contributed by atoms with Gasteiger partial charge in [0.05, 0.1) is 0 Å². The zero-order valence-electron chi connectivity index (χ0n) is 9.79. The van der Waals surface area contributed by atoms with Crippen LogP contribution in [0.5, 0.6) is 0 Å². The summed E-state index contributed by atoms with van der Waals surface area (Å²) in [4.78, 5) is 0. The van der Waals surface area contributed by atoms with E-state index in [1.807, 2.05) is 26.0 Å². The molecular weight excluding hydrogens is 190 g/mol. The van der Waals surface area contributed by atoms with Crippen LogP contribution in [0.4, 0.5) is 0 Å². The molecule has 0 aliphatic carbocycles. The van der Waals surface area contributed by atoms with Crippen LogP contribution in [0.15, 0.2) is 16.5 Å². The second kappa shape index (κ2) is 4.81. The number of hydrogen-bond acceptors (Lipinski definition) is 3. The molecule has 86 valence electrons. The van der Waals surface area contributed by atoms with E-state index in [1.165, 1.54) is 0 Å². The zero-order valence-corrected chi connectivity index (χ0v) is 9.79. The monoisotopic (exact) mass is 211 g/mol. The van der Waals surface area contributed by atoms with Gasteiger partial charge in [-0.3, -0.25) is 0 Å². The average Bonchev–Trinajstić information content (AvgIpc) is 2.60. The van der Waals surface area contributed by atoms with Gasteiger partial charge in [-0.15, -0.1) is 0 Å². The summed E-state index contributed by atoms with van der Waals surface area (Å²) in [5.74, 6) is 1.92. The molecule has 0 aliphatic rings. The molecule has 0 radical (unpaired) electrons. The van der Waals surface area contributed by atoms with Crippen LogP contribution in [-0.4, -0.2) is 17.3 Å². The van der Waals surface area contributed by atoms with Crippen molar-refractivity contribution < 1.29 is 9.52 Å². The van der Waals surface area contributed by atoms with E-state index in [0.717, 1.165) is 17.9 Å². The van der Waals surface area contributed by atoms with Crippen molar-refractivity contribution in [3.63, 3.8) is 0 Å². The van der Waals surface area contributed by atoms with E-state index >= 15 is 0 Å². The summed E-state index contributed by atoms with van der Waals surface area (Å²) in [5.41, 5.74) is 5.71. The van der Waals surface area contributed by atoms with E-state index in [2.05, 4.69) is 6.92 Å². The highest BCUT2D eigenvalue weighted by Gasteiger charge is 2.28. The minimum Gasteiger partial charge on any atom is -0.466 e. The van der Waals surface area contributed by atoms with Gasteiger partial charge in [0, 0.05) is 24.5 Å². The van der Waals surface area contributed by atoms with Gasteiger partial charge in [0.15, 0.2) is 0 Å². The molecule has 1 unspecified atom stereocenters. The van der Waals surface area contributed by atoms with E-state index in [9.17, 15) is 0 Å². The van der Waals surface area contributed by atoms with Gasteiger partial charge in [-0.1, -0.05) is 6.92 Å². The molecule has 0 fully saturated rings. The molecule has 1 heterocycles. The standard InChI is InChI=1S/C12H21NO2/c1-4-9-5-6-11(15-9)10(7-8-14)12(2,3)13/h5-6,10,14H,4,7-8,13H2,1-3H3. The topological polar surface area (TPSA) is 59.4 Å². The van der Waals surface area contributed by atoms with Gasteiger partial charge >= 0.3 is 0 Å². The summed E-state index contributed by atoms with van der Waals surface area (Å²) in [7, 11) is 0. The first kappa shape index (κ1) is 12.3. The highest BCUT2D eigenvalue weighted by atomic mass is 16.3. The van der Waals surface area contributed by atoms with Crippen molar-refractivity contribution in [2.24, 2.45) is 5.73 Å². The fourth-order valence-electron chi connectivity index (χ4n) is 1.78. The molecule has 1 aromatic rings. The maximum atomic E-state index is 9.03. The van der Waals surface area contributed by atoms with Crippen LogP contribution in [0.2, 0.25) is 0 Å². The fourth-order valence-corrected chi connectivity index (χ4v) is 1.78. The minimum absolute atomic E-state index is 0.0720. The molecule has 1 aromatic heterocycles. The normalized spacial score (nSPS) is 14.2. The largest absolute Gasteiger partial charge is 0.466 e. The quantitative estimate of drug-likeness (QED) is 0.783. The van der Waals surface area contributed by atoms with E-state index in [0.29, 0.717) is 6.42 Å². The molecule has 0 amide bonds. The van der Waals surface area contributed by atoms with Crippen molar-refractivity contribution in [2.45, 2.75) is 45.1 Å². The van der Waals surface area contributed by atoms with Crippen LogP contribution in [0.25, 0.3) is 0 Å². The van der Waals surface area contributed by atoms with Gasteiger partial charge in [-0.05, 0) is 32.4 Å². The molecule has 0 spiro atoms. The predicted molar refractivity (Wildman–Crippen MR) is 60.8 cm³/mol.